The van der Waals surface area contributed by atoms with Crippen molar-refractivity contribution in [3.63, 3.8) is 0 Å². The largest absolute Gasteiger partial charge is 0.444 e. The number of nitrogens with two attached hydrogens (primary N) is 1. The quantitative estimate of drug-likeness (QED) is 0.822. The zero-order chi connectivity index (χ0) is 18.7. The fourth-order valence-corrected chi connectivity index (χ4v) is 3.84. The van der Waals surface area contributed by atoms with Crippen LogP contribution in [0.15, 0.2) is 24.3 Å². The molecule has 2 fully saturated rings. The zero-order valence-corrected chi connectivity index (χ0v) is 16.3. The lowest BCUT2D eigenvalue weighted by molar-refractivity contribution is 0.00902. The van der Waals surface area contributed by atoms with E-state index < -0.39 is 5.60 Å². The molecule has 0 spiro atoms. The zero-order valence-electron chi connectivity index (χ0n) is 16.3. The molecule has 0 aromatic heterocycles. The molecule has 26 heavy (non-hydrogen) atoms. The highest BCUT2D eigenvalue weighted by Crippen LogP contribution is 2.27. The molecule has 3 rings (SSSR count). The topological polar surface area (TPSA) is 62.0 Å². The molecule has 1 amide bonds. The van der Waals surface area contributed by atoms with Gasteiger partial charge in [-0.25, -0.2) is 4.79 Å². The number of hydrogen-bond acceptors (Lipinski definition) is 5. The number of nitrogens with zero attached hydrogens (tertiary/aromatic N) is 3. The summed E-state index contributed by atoms with van der Waals surface area (Å²) in [5, 5.41) is 0. The summed E-state index contributed by atoms with van der Waals surface area (Å²) in [6.07, 6.45) is 2.09. The van der Waals surface area contributed by atoms with Crippen molar-refractivity contribution in [2.75, 3.05) is 49.9 Å². The van der Waals surface area contributed by atoms with Crippen molar-refractivity contribution in [2.45, 2.75) is 45.3 Å². The van der Waals surface area contributed by atoms with Crippen LogP contribution >= 0.6 is 0 Å². The molecule has 6 heteroatoms. The fourth-order valence-electron chi connectivity index (χ4n) is 3.84. The number of ether oxygens (including phenoxy) is 1. The third-order valence-electron chi connectivity index (χ3n) is 5.22. The Balaban J connectivity index is 1.47. The Morgan fingerprint density at radius 1 is 1.04 bits per heavy atom. The Labute approximate surface area is 156 Å². The smallest absolute Gasteiger partial charge is 0.410 e. The molecule has 1 aromatic carbocycles. The van der Waals surface area contributed by atoms with E-state index in [0.29, 0.717) is 6.04 Å². The lowest BCUT2D eigenvalue weighted by atomic mass is 10.0. The van der Waals surface area contributed by atoms with Gasteiger partial charge in [-0.1, -0.05) is 12.1 Å². The maximum atomic E-state index is 12.2. The average molecular weight is 361 g/mol. The summed E-state index contributed by atoms with van der Waals surface area (Å²) in [5.41, 5.74) is 7.70. The number of hydrogen-bond donors (Lipinski definition) is 1. The Kier molecular flexibility index (Phi) is 5.61. The number of para-hydroxylation sites is 2. The molecule has 2 saturated heterocycles. The minimum atomic E-state index is -0.430. The highest BCUT2D eigenvalue weighted by molar-refractivity contribution is 5.68. The van der Waals surface area contributed by atoms with Crippen LogP contribution in [0.5, 0.6) is 0 Å². The Bertz CT molecular complexity index is 612. The van der Waals surface area contributed by atoms with Crippen molar-refractivity contribution in [3.05, 3.63) is 24.3 Å². The Morgan fingerprint density at radius 2 is 1.65 bits per heavy atom. The van der Waals surface area contributed by atoms with Gasteiger partial charge in [-0.2, -0.15) is 0 Å². The second kappa shape index (κ2) is 7.74. The van der Waals surface area contributed by atoms with Gasteiger partial charge in [0.25, 0.3) is 0 Å². The number of carbonyl (C=O) groups is 1. The molecular weight excluding hydrogens is 328 g/mol. The number of benzene rings is 1. The van der Waals surface area contributed by atoms with E-state index in [-0.39, 0.29) is 6.09 Å². The molecule has 144 valence electrons. The molecule has 0 unspecified atom stereocenters. The molecule has 2 aliphatic heterocycles. The van der Waals surface area contributed by atoms with Gasteiger partial charge in [-0.15, -0.1) is 0 Å². The van der Waals surface area contributed by atoms with Gasteiger partial charge in [0.2, 0.25) is 0 Å². The fraction of sp³-hybridized carbons (Fsp3) is 0.650. The maximum absolute atomic E-state index is 12.2. The van der Waals surface area contributed by atoms with Gasteiger partial charge in [0.15, 0.2) is 0 Å². The monoisotopic (exact) mass is 360 g/mol. The summed E-state index contributed by atoms with van der Waals surface area (Å²) >= 11 is 0. The molecule has 2 heterocycles. The SMILES string of the molecule is CC(C)(C)OC(=O)N1CCN(C2CCN(c3ccccc3N)CC2)CC1. The highest BCUT2D eigenvalue weighted by Gasteiger charge is 2.30. The van der Waals surface area contributed by atoms with Crippen LogP contribution in [0.3, 0.4) is 0 Å². The summed E-state index contributed by atoms with van der Waals surface area (Å²) in [5.74, 6) is 0. The average Bonchev–Trinajstić information content (AvgIpc) is 2.61. The van der Waals surface area contributed by atoms with E-state index in [1.54, 1.807) is 0 Å². The van der Waals surface area contributed by atoms with Crippen molar-refractivity contribution in [1.29, 1.82) is 0 Å². The van der Waals surface area contributed by atoms with E-state index in [1.165, 1.54) is 0 Å². The molecule has 0 bridgehead atoms. The predicted octanol–water partition coefficient (Wildman–Crippen LogP) is 2.79. The van der Waals surface area contributed by atoms with E-state index >= 15 is 0 Å². The van der Waals surface area contributed by atoms with E-state index in [4.69, 9.17) is 10.5 Å². The second-order valence-electron chi connectivity index (χ2n) is 8.28. The Morgan fingerprint density at radius 3 is 2.23 bits per heavy atom. The number of nitrogen functional groups attached to an aromatic ring is 1. The number of rotatable bonds is 2. The first kappa shape index (κ1) is 18.8. The minimum Gasteiger partial charge on any atom is -0.444 e. The summed E-state index contributed by atoms with van der Waals surface area (Å²) in [4.78, 5) is 19.0. The number of piperazine rings is 1. The third-order valence-corrected chi connectivity index (χ3v) is 5.22. The third kappa shape index (κ3) is 4.61. The maximum Gasteiger partial charge on any atom is 0.410 e. The van der Waals surface area contributed by atoms with Crippen LogP contribution in [0.25, 0.3) is 0 Å². The Hall–Kier alpha value is -1.95. The van der Waals surface area contributed by atoms with Gasteiger partial charge in [0, 0.05) is 45.3 Å². The van der Waals surface area contributed by atoms with Crippen LogP contribution in [0.2, 0.25) is 0 Å². The summed E-state index contributed by atoms with van der Waals surface area (Å²) in [6.45, 7) is 11.2. The molecule has 2 N–H and O–H groups in total. The van der Waals surface area contributed by atoms with E-state index in [1.807, 2.05) is 43.9 Å². The lowest BCUT2D eigenvalue weighted by Gasteiger charge is -2.43. The lowest BCUT2D eigenvalue weighted by Crippen LogP contribution is -2.55. The van der Waals surface area contributed by atoms with E-state index in [9.17, 15) is 4.79 Å². The van der Waals surface area contributed by atoms with E-state index in [2.05, 4.69) is 15.9 Å². The standard InChI is InChI=1S/C20H32N4O2/c1-20(2,3)26-19(25)24-14-12-22(13-15-24)16-8-10-23(11-9-16)18-7-5-4-6-17(18)21/h4-7,16H,8-15,21H2,1-3H3. The van der Waals surface area contributed by atoms with Gasteiger partial charge < -0.3 is 20.3 Å². The number of anilines is 2. The van der Waals surface area contributed by atoms with Crippen molar-refractivity contribution < 1.29 is 9.53 Å². The number of piperidine rings is 1. The number of amides is 1. The second-order valence-corrected chi connectivity index (χ2v) is 8.28. The molecule has 0 atom stereocenters. The summed E-state index contributed by atoms with van der Waals surface area (Å²) in [7, 11) is 0. The van der Waals surface area contributed by atoms with Crippen molar-refractivity contribution in [2.24, 2.45) is 0 Å². The first-order valence-corrected chi connectivity index (χ1v) is 9.65. The van der Waals surface area contributed by atoms with Gasteiger partial charge in [-0.3, -0.25) is 4.90 Å². The molecule has 0 saturated carbocycles. The van der Waals surface area contributed by atoms with Crippen molar-refractivity contribution in [3.8, 4) is 0 Å². The van der Waals surface area contributed by atoms with E-state index in [0.717, 1.165) is 63.5 Å². The van der Waals surface area contributed by atoms with Crippen LogP contribution < -0.4 is 10.6 Å². The number of carbonyl (C=O) groups excluding carboxylic acids is 1. The molecule has 0 aliphatic carbocycles. The van der Waals surface area contributed by atoms with Crippen molar-refractivity contribution >= 4 is 17.5 Å². The van der Waals surface area contributed by atoms with Gasteiger partial charge in [0.1, 0.15) is 5.60 Å². The van der Waals surface area contributed by atoms with Crippen LogP contribution in [-0.4, -0.2) is 66.8 Å². The predicted molar refractivity (Wildman–Crippen MR) is 105 cm³/mol. The first-order valence-electron chi connectivity index (χ1n) is 9.65. The minimum absolute atomic E-state index is 0.188. The highest BCUT2D eigenvalue weighted by atomic mass is 16.6. The molecular formula is C20H32N4O2. The van der Waals surface area contributed by atoms with Gasteiger partial charge >= 0.3 is 6.09 Å². The summed E-state index contributed by atoms with van der Waals surface area (Å²) in [6, 6.07) is 8.70. The molecule has 0 radical (unpaired) electrons. The van der Waals surface area contributed by atoms with Crippen LogP contribution in [-0.2, 0) is 4.74 Å². The van der Waals surface area contributed by atoms with Crippen LogP contribution in [0, 0.1) is 0 Å². The van der Waals surface area contributed by atoms with Crippen LogP contribution in [0.1, 0.15) is 33.6 Å². The van der Waals surface area contributed by atoms with Crippen LogP contribution in [0.4, 0.5) is 16.2 Å². The summed E-state index contributed by atoms with van der Waals surface area (Å²) < 4.78 is 5.48. The molecule has 6 nitrogen and oxygen atoms in total. The first-order chi connectivity index (χ1) is 12.3. The van der Waals surface area contributed by atoms with Gasteiger partial charge in [0.05, 0.1) is 11.4 Å². The van der Waals surface area contributed by atoms with Crippen molar-refractivity contribution in [1.82, 2.24) is 9.80 Å². The molecule has 1 aromatic rings. The van der Waals surface area contributed by atoms with Gasteiger partial charge in [-0.05, 0) is 45.7 Å². The normalized spacial score (nSPS) is 20.3. The molecule has 2 aliphatic rings.